The summed E-state index contributed by atoms with van der Waals surface area (Å²) in [4.78, 5) is 12.4. The van der Waals surface area contributed by atoms with E-state index in [2.05, 4.69) is 4.74 Å². The zero-order valence-electron chi connectivity index (χ0n) is 7.80. The van der Waals surface area contributed by atoms with Gasteiger partial charge in [-0.3, -0.25) is 0 Å². The second-order valence-electron chi connectivity index (χ2n) is 3.19. The molecule has 14 heavy (non-hydrogen) atoms. The Morgan fingerprint density at radius 2 is 2.07 bits per heavy atom. The molecule has 1 rings (SSSR count). The second kappa shape index (κ2) is 4.06. The van der Waals surface area contributed by atoms with Gasteiger partial charge in [0.2, 0.25) is 0 Å². The molecule has 1 fully saturated rings. The molecule has 0 saturated heterocycles. The number of ether oxygens (including phenoxy) is 1. The molecule has 0 heterocycles. The molecule has 0 aliphatic heterocycles. The van der Waals surface area contributed by atoms with Crippen LogP contribution in [-0.4, -0.2) is 36.4 Å². The molecule has 0 N–H and O–H groups in total. The maximum atomic E-state index is 11.7. The van der Waals surface area contributed by atoms with Crippen molar-refractivity contribution < 1.29 is 22.7 Å². The van der Waals surface area contributed by atoms with Crippen LogP contribution in [0.15, 0.2) is 0 Å². The number of halogens is 3. The summed E-state index contributed by atoms with van der Waals surface area (Å²) in [5.41, 5.74) is 0. The number of alkyl halides is 3. The zero-order valence-corrected chi connectivity index (χ0v) is 7.80. The normalized spacial score (nSPS) is 16.6. The Labute approximate surface area is 79.8 Å². The van der Waals surface area contributed by atoms with E-state index in [0.717, 1.165) is 12.8 Å². The fraction of sp³-hybridized carbons (Fsp3) is 0.875. The molecule has 6 heteroatoms. The van der Waals surface area contributed by atoms with Crippen LogP contribution in [-0.2, 0) is 4.74 Å². The lowest BCUT2D eigenvalue weighted by Gasteiger charge is -2.20. The van der Waals surface area contributed by atoms with Crippen molar-refractivity contribution in [2.24, 2.45) is 0 Å². The van der Waals surface area contributed by atoms with Gasteiger partial charge in [-0.1, -0.05) is 0 Å². The van der Waals surface area contributed by atoms with Crippen molar-refractivity contribution in [1.82, 2.24) is 4.90 Å². The van der Waals surface area contributed by atoms with Crippen molar-refractivity contribution in [1.29, 1.82) is 0 Å². The van der Waals surface area contributed by atoms with Gasteiger partial charge in [-0.25, -0.2) is 4.79 Å². The van der Waals surface area contributed by atoms with Crippen molar-refractivity contribution in [2.75, 3.05) is 13.2 Å². The number of hydrogen-bond donors (Lipinski definition) is 0. The Bertz CT molecular complexity index is 213. The minimum absolute atomic E-state index is 0.0840. The first-order valence-corrected chi connectivity index (χ1v) is 4.44. The fourth-order valence-electron chi connectivity index (χ4n) is 1.15. The minimum atomic E-state index is -4.45. The Balaban J connectivity index is 2.32. The quantitative estimate of drug-likeness (QED) is 0.716. The van der Waals surface area contributed by atoms with Crippen LogP contribution in [0.2, 0.25) is 0 Å². The van der Waals surface area contributed by atoms with Gasteiger partial charge in [0.15, 0.2) is 6.61 Å². The molecule has 0 aromatic heterocycles. The van der Waals surface area contributed by atoms with Crippen LogP contribution in [0.25, 0.3) is 0 Å². The molecule has 1 aliphatic carbocycles. The number of amides is 1. The summed E-state index contributed by atoms with van der Waals surface area (Å²) >= 11 is 0. The predicted molar refractivity (Wildman–Crippen MR) is 42.8 cm³/mol. The Kier molecular flexibility index (Phi) is 3.23. The fourth-order valence-corrected chi connectivity index (χ4v) is 1.15. The molecule has 0 unspecified atom stereocenters. The van der Waals surface area contributed by atoms with Crippen molar-refractivity contribution in [2.45, 2.75) is 32.0 Å². The molecule has 1 saturated carbocycles. The third-order valence-corrected chi connectivity index (χ3v) is 1.92. The van der Waals surface area contributed by atoms with E-state index in [1.165, 1.54) is 4.90 Å². The Morgan fingerprint density at radius 1 is 1.50 bits per heavy atom. The summed E-state index contributed by atoms with van der Waals surface area (Å²) in [6, 6.07) is 0.0840. The van der Waals surface area contributed by atoms with Crippen molar-refractivity contribution in [3.05, 3.63) is 0 Å². The predicted octanol–water partition coefficient (Wildman–Crippen LogP) is 2.17. The molecule has 0 aromatic carbocycles. The smallest absolute Gasteiger partial charge is 0.422 e. The van der Waals surface area contributed by atoms with Gasteiger partial charge < -0.3 is 9.64 Å². The van der Waals surface area contributed by atoms with Gasteiger partial charge in [0, 0.05) is 12.6 Å². The largest absolute Gasteiger partial charge is 0.440 e. The monoisotopic (exact) mass is 211 g/mol. The van der Waals surface area contributed by atoms with E-state index in [0.29, 0.717) is 6.54 Å². The van der Waals surface area contributed by atoms with Gasteiger partial charge in [0.1, 0.15) is 0 Å². The van der Waals surface area contributed by atoms with Crippen molar-refractivity contribution in [3.8, 4) is 0 Å². The summed E-state index contributed by atoms with van der Waals surface area (Å²) in [7, 11) is 0. The average Bonchev–Trinajstić information content (AvgIpc) is 2.85. The Hall–Kier alpha value is -0.940. The van der Waals surface area contributed by atoms with Crippen LogP contribution in [0.1, 0.15) is 19.8 Å². The summed E-state index contributed by atoms with van der Waals surface area (Å²) in [5, 5.41) is 0. The highest BCUT2D eigenvalue weighted by Gasteiger charge is 2.35. The molecule has 0 atom stereocenters. The third-order valence-electron chi connectivity index (χ3n) is 1.92. The van der Waals surface area contributed by atoms with Crippen LogP contribution in [0, 0.1) is 0 Å². The molecular weight excluding hydrogens is 199 g/mol. The van der Waals surface area contributed by atoms with Gasteiger partial charge in [0.25, 0.3) is 0 Å². The van der Waals surface area contributed by atoms with Gasteiger partial charge in [0.05, 0.1) is 0 Å². The first-order chi connectivity index (χ1) is 6.44. The minimum Gasteiger partial charge on any atom is -0.440 e. The zero-order chi connectivity index (χ0) is 10.8. The van der Waals surface area contributed by atoms with Gasteiger partial charge in [-0.15, -0.1) is 0 Å². The van der Waals surface area contributed by atoms with Crippen molar-refractivity contribution in [3.63, 3.8) is 0 Å². The van der Waals surface area contributed by atoms with E-state index in [9.17, 15) is 18.0 Å². The van der Waals surface area contributed by atoms with E-state index in [1.54, 1.807) is 6.92 Å². The first kappa shape index (κ1) is 11.1. The average molecular weight is 211 g/mol. The summed E-state index contributed by atoms with van der Waals surface area (Å²) in [6.07, 6.45) is -3.60. The summed E-state index contributed by atoms with van der Waals surface area (Å²) in [5.74, 6) is 0. The molecule has 0 aromatic rings. The lowest BCUT2D eigenvalue weighted by Crippen LogP contribution is -2.35. The molecule has 0 radical (unpaired) electrons. The number of hydrogen-bond acceptors (Lipinski definition) is 2. The van der Waals surface area contributed by atoms with E-state index in [-0.39, 0.29) is 6.04 Å². The van der Waals surface area contributed by atoms with Gasteiger partial charge in [-0.2, -0.15) is 13.2 Å². The lowest BCUT2D eigenvalue weighted by atomic mass is 10.5. The molecule has 1 amide bonds. The van der Waals surface area contributed by atoms with Crippen molar-refractivity contribution >= 4 is 6.09 Å². The number of carbonyl (C=O) groups is 1. The SMILES string of the molecule is CCN(C(=O)OCC(F)(F)F)C1CC1. The standard InChI is InChI=1S/C8H12F3NO2/c1-2-12(6-3-4-6)7(13)14-5-8(9,10)11/h6H,2-5H2,1H3. The molecule has 82 valence electrons. The van der Waals surface area contributed by atoms with Gasteiger partial charge >= 0.3 is 12.3 Å². The topological polar surface area (TPSA) is 29.5 Å². The van der Waals surface area contributed by atoms with Gasteiger partial charge in [-0.05, 0) is 19.8 Å². The summed E-state index contributed by atoms with van der Waals surface area (Å²) in [6.45, 7) is 0.601. The lowest BCUT2D eigenvalue weighted by molar-refractivity contribution is -0.162. The number of rotatable bonds is 3. The molecule has 0 spiro atoms. The third kappa shape index (κ3) is 3.43. The number of nitrogens with zero attached hydrogens (tertiary/aromatic N) is 1. The molecule has 0 bridgehead atoms. The highest BCUT2D eigenvalue weighted by atomic mass is 19.4. The maximum absolute atomic E-state index is 11.7. The van der Waals surface area contributed by atoms with Crippen LogP contribution in [0.4, 0.5) is 18.0 Å². The molecule has 3 nitrogen and oxygen atoms in total. The second-order valence-corrected chi connectivity index (χ2v) is 3.19. The van der Waals surface area contributed by atoms with E-state index in [1.807, 2.05) is 0 Å². The van der Waals surface area contributed by atoms with Crippen LogP contribution in [0.3, 0.4) is 0 Å². The van der Waals surface area contributed by atoms with E-state index in [4.69, 9.17) is 0 Å². The number of carbonyl (C=O) groups excluding carboxylic acids is 1. The van der Waals surface area contributed by atoms with Crippen LogP contribution < -0.4 is 0 Å². The summed E-state index contributed by atoms with van der Waals surface area (Å²) < 4.78 is 39.2. The highest BCUT2D eigenvalue weighted by molar-refractivity contribution is 5.68. The first-order valence-electron chi connectivity index (χ1n) is 4.44. The van der Waals surface area contributed by atoms with Crippen LogP contribution >= 0.6 is 0 Å². The molecule has 1 aliphatic rings. The molecular formula is C8H12F3NO2. The Morgan fingerprint density at radius 3 is 2.43 bits per heavy atom. The highest BCUT2D eigenvalue weighted by Crippen LogP contribution is 2.27. The van der Waals surface area contributed by atoms with E-state index >= 15 is 0 Å². The van der Waals surface area contributed by atoms with E-state index < -0.39 is 18.9 Å². The van der Waals surface area contributed by atoms with Crippen LogP contribution in [0.5, 0.6) is 0 Å². The maximum Gasteiger partial charge on any atom is 0.422 e.